The third kappa shape index (κ3) is 5.91. The number of piperidine rings is 3. The fourth-order valence-corrected chi connectivity index (χ4v) is 19.2. The predicted octanol–water partition coefficient (Wildman–Crippen LogP) is 8.28. The van der Waals surface area contributed by atoms with Gasteiger partial charge in [-0.3, -0.25) is 9.80 Å². The minimum atomic E-state index is -0.908. The zero-order valence-corrected chi connectivity index (χ0v) is 44.0. The molecule has 8 aliphatic carbocycles. The van der Waals surface area contributed by atoms with Crippen molar-refractivity contribution in [2.45, 2.75) is 173 Å². The Hall–Kier alpha value is -5.08. The Morgan fingerprint density at radius 3 is 1.92 bits per heavy atom. The maximum Gasteiger partial charge on any atom is 0.166 e. The second-order valence-corrected chi connectivity index (χ2v) is 26.4. The van der Waals surface area contributed by atoms with E-state index in [4.69, 9.17) is 9.47 Å². The molecule has 6 heterocycles. The predicted molar refractivity (Wildman–Crippen MR) is 288 cm³/mol. The number of hydrogen-bond donors (Lipinski definition) is 7. The summed E-state index contributed by atoms with van der Waals surface area (Å²) in [7, 11) is 2.15. The highest BCUT2D eigenvalue weighted by Gasteiger charge is 2.74. The van der Waals surface area contributed by atoms with Gasteiger partial charge in [-0.2, -0.15) is 0 Å². The lowest BCUT2D eigenvalue weighted by Crippen LogP contribution is -2.75. The van der Waals surface area contributed by atoms with E-state index in [1.165, 1.54) is 65.3 Å². The largest absolute Gasteiger partial charge is 0.508 e. The average Bonchev–Trinajstić information content (AvgIpc) is 4.45. The molecule has 2 spiro atoms. The van der Waals surface area contributed by atoms with Crippen LogP contribution in [0.4, 0.5) is 0 Å². The summed E-state index contributed by atoms with van der Waals surface area (Å²) >= 11 is 0. The standard InChI is InChI=1S/C26H26N2O3.C21H25NO3.C17H23NO2/c29-19-8-7-15-11-20-26(30)12-17-16-3-1-2-4-18(16)27-22(17)24-25(26,21(15)23(19)31-24)9-10-28(20)13-14-5-6-14;1-12-6-7-21(24)16-10-14-4-5-15(23)18-17(14)20(21,19(12)25-18)8-9-22(16)11-13-2-3-13;1-18-9-8-16-6-2-3-7-17(16,20)15(18)10-12-4-5-13(19)11-14(12)16/h1-4,7-8,14,20,24,27,29-30H,5-6,9-13H2;4-5,13,16,19,23-24H,1-3,6-11H2;4-5,11,15,19-20H,2-3,6-10H2,1H3/t20-,24+,25+,26-;16-,19+,20+,21-;15-,16+,17-/m111/s1. The normalized spacial score (nSPS) is 38.4. The van der Waals surface area contributed by atoms with Crippen LogP contribution in [0.3, 0.4) is 0 Å². The van der Waals surface area contributed by atoms with E-state index in [9.17, 15) is 30.6 Å². The lowest BCUT2D eigenvalue weighted by atomic mass is 9.48. The molecule has 12 heteroatoms. The highest BCUT2D eigenvalue weighted by atomic mass is 16.5. The first-order valence-electron chi connectivity index (χ1n) is 29.2. The quantitative estimate of drug-likeness (QED) is 0.0867. The van der Waals surface area contributed by atoms with Crippen molar-refractivity contribution in [1.29, 1.82) is 0 Å². The summed E-state index contributed by atoms with van der Waals surface area (Å²) in [5, 5.41) is 68.6. The number of aromatic amines is 1. The van der Waals surface area contributed by atoms with Crippen LogP contribution in [0.2, 0.25) is 0 Å². The number of ether oxygens (including phenoxy) is 2. The van der Waals surface area contributed by atoms with E-state index < -0.39 is 27.6 Å². The van der Waals surface area contributed by atoms with Crippen molar-refractivity contribution in [2.75, 3.05) is 39.8 Å². The average molecular weight is 1030 g/mol. The summed E-state index contributed by atoms with van der Waals surface area (Å²) in [5.74, 6) is 3.56. The molecule has 5 aromatic rings. The number of H-pyrrole nitrogens is 1. The fourth-order valence-electron chi connectivity index (χ4n) is 19.2. The summed E-state index contributed by atoms with van der Waals surface area (Å²) in [6.07, 6.45) is 16.6. The van der Waals surface area contributed by atoms with Crippen LogP contribution < -0.4 is 9.47 Å². The van der Waals surface area contributed by atoms with Gasteiger partial charge in [-0.1, -0.05) is 55.8 Å². The first-order valence-corrected chi connectivity index (χ1v) is 29.2. The minimum absolute atomic E-state index is 0.0813. The molecule has 4 aromatic carbocycles. The van der Waals surface area contributed by atoms with Gasteiger partial charge in [0.2, 0.25) is 0 Å². The number of fused-ring (bicyclic) bond motifs is 5. The summed E-state index contributed by atoms with van der Waals surface area (Å²) in [6.45, 7) is 9.52. The smallest absolute Gasteiger partial charge is 0.166 e. The highest BCUT2D eigenvalue weighted by Crippen LogP contribution is 2.70. The van der Waals surface area contributed by atoms with Crippen LogP contribution >= 0.6 is 0 Å². The summed E-state index contributed by atoms with van der Waals surface area (Å²) < 4.78 is 12.9. The number of likely N-dealkylation sites (tertiary alicyclic amines) is 3. The number of phenols is 3. The van der Waals surface area contributed by atoms with Crippen molar-refractivity contribution < 1.29 is 40.1 Å². The number of para-hydroxylation sites is 1. The molecule has 1 aromatic heterocycles. The molecule has 6 bridgehead atoms. The Balaban J connectivity index is 0.0000000987. The van der Waals surface area contributed by atoms with Gasteiger partial charge < -0.3 is 50.0 Å². The Bertz CT molecular complexity index is 3290. The fraction of sp³-hybridized carbons (Fsp3) is 0.562. The van der Waals surface area contributed by atoms with Gasteiger partial charge in [0, 0.05) is 65.1 Å². The topological polar surface area (TPSA) is 165 Å². The van der Waals surface area contributed by atoms with Gasteiger partial charge in [0.05, 0.1) is 33.3 Å². The number of likely N-dealkylation sites (N-methyl/N-ethyl adjacent to an activating group) is 1. The number of benzene rings is 4. The Morgan fingerprint density at radius 2 is 1.24 bits per heavy atom. The van der Waals surface area contributed by atoms with Crippen LogP contribution in [0.5, 0.6) is 28.7 Å². The van der Waals surface area contributed by atoms with Gasteiger partial charge >= 0.3 is 0 Å². The minimum Gasteiger partial charge on any atom is -0.508 e. The van der Waals surface area contributed by atoms with Crippen LogP contribution in [0.1, 0.15) is 134 Å². The second-order valence-electron chi connectivity index (χ2n) is 26.4. The molecule has 76 heavy (non-hydrogen) atoms. The van der Waals surface area contributed by atoms with Crippen molar-refractivity contribution in [2.24, 2.45) is 11.8 Å². The van der Waals surface area contributed by atoms with E-state index in [1.54, 1.807) is 18.2 Å². The molecular weight excluding hydrogens is 953 g/mol. The number of phenolic OH excluding ortho intramolecular Hbond substituents is 3. The molecule has 0 unspecified atom stereocenters. The van der Waals surface area contributed by atoms with Gasteiger partial charge in [0.15, 0.2) is 29.1 Å². The molecule has 4 saturated carbocycles. The lowest BCUT2D eigenvalue weighted by molar-refractivity contribution is -0.174. The van der Waals surface area contributed by atoms with Crippen LogP contribution in [-0.2, 0) is 41.9 Å². The van der Waals surface area contributed by atoms with E-state index in [-0.39, 0.29) is 47.2 Å². The molecule has 11 atom stereocenters. The highest BCUT2D eigenvalue weighted by molar-refractivity contribution is 5.86. The molecular formula is C64H74N4O8. The zero-order chi connectivity index (χ0) is 51.5. The Labute approximate surface area is 445 Å². The first kappa shape index (κ1) is 47.0. The van der Waals surface area contributed by atoms with Gasteiger partial charge in [-0.15, -0.1) is 0 Å². The number of aromatic nitrogens is 1. The van der Waals surface area contributed by atoms with Crippen LogP contribution in [0.25, 0.3) is 10.9 Å². The number of hydrogen-bond acceptors (Lipinski definition) is 11. The summed E-state index contributed by atoms with van der Waals surface area (Å²) in [4.78, 5) is 11.1. The van der Waals surface area contributed by atoms with E-state index >= 15 is 0 Å². The SMILES string of the molecule is C=C1CC[C@@]2(O)[C@H]3Cc4ccc(O)c5c4[C@@]2(CCN3CC2CC2)[C@H]1O5.CN1CC[C@]23CCCC[C@@]2(O)[C@H]1Cc1ccc(O)cc13.Oc1ccc2c3c1O[C@H]1c4[nH]c5ccccc5c4C[C@@]4(O)[C@@H](C2)N(CC2CC2)CC[C@]314. The van der Waals surface area contributed by atoms with Gasteiger partial charge in [0.1, 0.15) is 11.9 Å². The van der Waals surface area contributed by atoms with Crippen molar-refractivity contribution in [3.05, 3.63) is 124 Å². The molecule has 0 radical (unpaired) electrons. The lowest BCUT2D eigenvalue weighted by Gasteiger charge is -2.63. The van der Waals surface area contributed by atoms with Crippen molar-refractivity contribution >= 4 is 10.9 Å². The van der Waals surface area contributed by atoms with Crippen LogP contribution in [-0.4, -0.2) is 131 Å². The number of nitrogens with zero attached hydrogens (tertiary/aromatic N) is 3. The third-order valence-electron chi connectivity index (χ3n) is 23.0. The van der Waals surface area contributed by atoms with Gasteiger partial charge in [-0.05, 0) is 192 Å². The zero-order valence-electron chi connectivity index (χ0n) is 44.0. The number of aliphatic hydroxyl groups is 3. The van der Waals surface area contributed by atoms with Crippen LogP contribution in [0, 0.1) is 11.8 Å². The molecule has 13 aliphatic rings. The Kier molecular flexibility index (Phi) is 9.77. The van der Waals surface area contributed by atoms with E-state index in [2.05, 4.69) is 63.6 Å². The summed E-state index contributed by atoms with van der Waals surface area (Å²) in [6, 6.07) is 22.3. The second kappa shape index (κ2) is 15.8. The monoisotopic (exact) mass is 1030 g/mol. The van der Waals surface area contributed by atoms with E-state index in [1.807, 2.05) is 18.2 Å². The third-order valence-corrected chi connectivity index (χ3v) is 23.0. The van der Waals surface area contributed by atoms with Crippen molar-refractivity contribution in [3.63, 3.8) is 0 Å². The molecule has 0 amide bonds. The number of aromatic hydroxyl groups is 3. The molecule has 7 fully saturated rings. The van der Waals surface area contributed by atoms with E-state index in [0.29, 0.717) is 23.7 Å². The first-order chi connectivity index (χ1) is 36.7. The molecule has 398 valence electrons. The van der Waals surface area contributed by atoms with Crippen molar-refractivity contribution in [3.8, 4) is 28.7 Å². The maximum atomic E-state index is 12.7. The molecule has 12 nitrogen and oxygen atoms in total. The van der Waals surface area contributed by atoms with E-state index in [0.717, 1.165) is 143 Å². The molecule has 18 rings (SSSR count). The summed E-state index contributed by atoms with van der Waals surface area (Å²) in [5.41, 5.74) is 8.29. The number of rotatable bonds is 4. The van der Waals surface area contributed by atoms with Gasteiger partial charge in [-0.25, -0.2) is 0 Å². The maximum absolute atomic E-state index is 12.7. The Morgan fingerprint density at radius 1 is 0.632 bits per heavy atom. The van der Waals surface area contributed by atoms with Crippen molar-refractivity contribution in [1.82, 2.24) is 19.7 Å². The molecule has 3 saturated heterocycles. The van der Waals surface area contributed by atoms with Gasteiger partial charge in [0.25, 0.3) is 0 Å². The van der Waals surface area contributed by atoms with Crippen LogP contribution in [0.15, 0.2) is 78.9 Å². The number of nitrogens with one attached hydrogen (secondary N) is 1. The molecule has 7 N–H and O–H groups in total. The molecule has 5 aliphatic heterocycles.